The highest BCUT2D eigenvalue weighted by atomic mass is 35.5. The Kier molecular flexibility index (Phi) is 5.81. The van der Waals surface area contributed by atoms with Gasteiger partial charge in [-0.1, -0.05) is 17.7 Å². The van der Waals surface area contributed by atoms with Crippen molar-refractivity contribution >= 4 is 38.9 Å². The molecule has 0 aliphatic carbocycles. The number of rotatable bonds is 5. The van der Waals surface area contributed by atoms with Crippen molar-refractivity contribution in [1.82, 2.24) is 0 Å². The van der Waals surface area contributed by atoms with E-state index in [1.165, 1.54) is 42.5 Å². The summed E-state index contributed by atoms with van der Waals surface area (Å²) in [4.78, 5) is 12.1. The number of benzene rings is 3. The molecule has 1 amide bonds. The zero-order chi connectivity index (χ0) is 21.2. The summed E-state index contributed by atoms with van der Waals surface area (Å²) in [5, 5.41) is 2.51. The topological polar surface area (TPSA) is 75.3 Å². The van der Waals surface area contributed by atoms with Gasteiger partial charge in [0.2, 0.25) is 0 Å². The molecule has 0 radical (unpaired) electrons. The molecule has 0 atom stereocenters. The van der Waals surface area contributed by atoms with E-state index in [9.17, 15) is 26.4 Å². The van der Waals surface area contributed by atoms with Crippen LogP contribution in [0.5, 0.6) is 0 Å². The van der Waals surface area contributed by atoms with Gasteiger partial charge >= 0.3 is 0 Å². The molecule has 0 aromatic heterocycles. The summed E-state index contributed by atoms with van der Waals surface area (Å²) in [5.41, 5.74) is -0.456. The molecule has 2 N–H and O–H groups in total. The highest BCUT2D eigenvalue weighted by Gasteiger charge is 2.19. The average Bonchev–Trinajstić information content (AvgIpc) is 2.70. The Balaban J connectivity index is 1.84. The van der Waals surface area contributed by atoms with Gasteiger partial charge in [0, 0.05) is 16.3 Å². The van der Waals surface area contributed by atoms with Crippen LogP contribution in [0.15, 0.2) is 65.6 Å². The normalized spacial score (nSPS) is 11.2. The molecule has 3 rings (SSSR count). The van der Waals surface area contributed by atoms with E-state index in [4.69, 9.17) is 11.6 Å². The van der Waals surface area contributed by atoms with E-state index in [2.05, 4.69) is 10.0 Å². The van der Waals surface area contributed by atoms with Crippen LogP contribution in [-0.4, -0.2) is 14.3 Å². The van der Waals surface area contributed by atoms with Crippen molar-refractivity contribution in [2.45, 2.75) is 4.90 Å². The SMILES string of the molecule is O=C(Nc1ccc(F)c(F)c1F)c1cccc(S(=O)(=O)Nc2ccc(Cl)cc2)c1. The molecule has 0 saturated heterocycles. The molecule has 10 heteroatoms. The standard InChI is InChI=1S/C19H12ClF3N2O3S/c20-12-4-6-13(7-5-12)25-29(27,28)14-3-1-2-11(10-14)19(26)24-16-9-8-15(21)17(22)18(16)23/h1-10,25H,(H,24,26). The first-order valence-electron chi connectivity index (χ1n) is 8.01. The minimum Gasteiger partial charge on any atom is -0.319 e. The summed E-state index contributed by atoms with van der Waals surface area (Å²) >= 11 is 5.76. The summed E-state index contributed by atoms with van der Waals surface area (Å²) in [6, 6.07) is 12.4. The van der Waals surface area contributed by atoms with E-state index in [-0.39, 0.29) is 16.1 Å². The van der Waals surface area contributed by atoms with E-state index < -0.39 is 39.1 Å². The largest absolute Gasteiger partial charge is 0.319 e. The predicted octanol–water partition coefficient (Wildman–Crippen LogP) is 4.81. The molecule has 3 aromatic carbocycles. The van der Waals surface area contributed by atoms with Gasteiger partial charge in [0.05, 0.1) is 10.6 Å². The van der Waals surface area contributed by atoms with Gasteiger partial charge in [-0.15, -0.1) is 0 Å². The van der Waals surface area contributed by atoms with Gasteiger partial charge in [-0.05, 0) is 54.6 Å². The zero-order valence-corrected chi connectivity index (χ0v) is 16.0. The van der Waals surface area contributed by atoms with Crippen LogP contribution in [0.25, 0.3) is 0 Å². The maximum atomic E-state index is 13.7. The molecule has 29 heavy (non-hydrogen) atoms. The monoisotopic (exact) mass is 440 g/mol. The molecule has 0 saturated carbocycles. The van der Waals surface area contributed by atoms with Gasteiger partial charge in [-0.3, -0.25) is 9.52 Å². The predicted molar refractivity (Wildman–Crippen MR) is 103 cm³/mol. The summed E-state index contributed by atoms with van der Waals surface area (Å²) in [7, 11) is -4.03. The van der Waals surface area contributed by atoms with E-state index in [1.807, 2.05) is 0 Å². The Hall–Kier alpha value is -3.04. The first-order valence-corrected chi connectivity index (χ1v) is 9.87. The fourth-order valence-corrected chi connectivity index (χ4v) is 3.58. The van der Waals surface area contributed by atoms with Crippen molar-refractivity contribution in [3.8, 4) is 0 Å². The van der Waals surface area contributed by atoms with Gasteiger partial charge in [0.1, 0.15) is 0 Å². The van der Waals surface area contributed by atoms with Crippen molar-refractivity contribution in [3.05, 3.63) is 88.7 Å². The molecule has 3 aromatic rings. The molecule has 0 bridgehead atoms. The van der Waals surface area contributed by atoms with Gasteiger partial charge in [-0.2, -0.15) is 0 Å². The van der Waals surface area contributed by atoms with Gasteiger partial charge in [0.25, 0.3) is 15.9 Å². The third kappa shape index (κ3) is 4.69. The Bertz CT molecular complexity index is 1190. The van der Waals surface area contributed by atoms with Crippen LogP contribution in [-0.2, 0) is 10.0 Å². The maximum absolute atomic E-state index is 13.7. The van der Waals surface area contributed by atoms with Gasteiger partial charge < -0.3 is 5.32 Å². The number of hydrogen-bond donors (Lipinski definition) is 2. The minimum atomic E-state index is -4.03. The Morgan fingerprint density at radius 1 is 0.897 bits per heavy atom. The number of nitrogens with one attached hydrogen (secondary N) is 2. The highest BCUT2D eigenvalue weighted by Crippen LogP contribution is 2.22. The van der Waals surface area contributed by atoms with Crippen molar-refractivity contribution in [2.75, 3.05) is 10.0 Å². The number of carbonyl (C=O) groups is 1. The molecule has 0 heterocycles. The number of anilines is 2. The Morgan fingerprint density at radius 2 is 1.59 bits per heavy atom. The number of halogens is 4. The number of sulfonamides is 1. The summed E-state index contributed by atoms with van der Waals surface area (Å²) in [6.45, 7) is 0. The summed E-state index contributed by atoms with van der Waals surface area (Å²) < 4.78 is 67.4. The van der Waals surface area contributed by atoms with Gasteiger partial charge in [0.15, 0.2) is 17.5 Å². The second-order valence-electron chi connectivity index (χ2n) is 5.82. The van der Waals surface area contributed by atoms with Crippen LogP contribution in [0, 0.1) is 17.5 Å². The van der Waals surface area contributed by atoms with E-state index in [0.29, 0.717) is 11.1 Å². The van der Waals surface area contributed by atoms with E-state index >= 15 is 0 Å². The third-order valence-corrected chi connectivity index (χ3v) is 5.42. The van der Waals surface area contributed by atoms with Crippen LogP contribution >= 0.6 is 11.6 Å². The fourth-order valence-electron chi connectivity index (χ4n) is 2.35. The van der Waals surface area contributed by atoms with Crippen molar-refractivity contribution < 1.29 is 26.4 Å². The van der Waals surface area contributed by atoms with E-state index in [0.717, 1.165) is 12.1 Å². The van der Waals surface area contributed by atoms with Crippen molar-refractivity contribution in [2.24, 2.45) is 0 Å². The van der Waals surface area contributed by atoms with Crippen molar-refractivity contribution in [1.29, 1.82) is 0 Å². The van der Waals surface area contributed by atoms with Crippen molar-refractivity contribution in [3.63, 3.8) is 0 Å². The lowest BCUT2D eigenvalue weighted by molar-refractivity contribution is 0.102. The first kappa shape index (κ1) is 20.7. The smallest absolute Gasteiger partial charge is 0.261 e. The maximum Gasteiger partial charge on any atom is 0.261 e. The van der Waals surface area contributed by atoms with Crippen LogP contribution in [0.2, 0.25) is 5.02 Å². The fraction of sp³-hybridized carbons (Fsp3) is 0. The molecule has 0 unspecified atom stereocenters. The van der Waals surface area contributed by atoms with Crippen LogP contribution < -0.4 is 10.0 Å². The molecular weight excluding hydrogens is 429 g/mol. The molecule has 0 fully saturated rings. The lowest BCUT2D eigenvalue weighted by Gasteiger charge is -2.10. The second kappa shape index (κ2) is 8.14. The number of amides is 1. The molecule has 0 aliphatic heterocycles. The van der Waals surface area contributed by atoms with Crippen LogP contribution in [0.4, 0.5) is 24.5 Å². The molecule has 5 nitrogen and oxygen atoms in total. The molecule has 0 spiro atoms. The lowest BCUT2D eigenvalue weighted by atomic mass is 10.2. The minimum absolute atomic E-state index is 0.131. The average molecular weight is 441 g/mol. The lowest BCUT2D eigenvalue weighted by Crippen LogP contribution is -2.16. The van der Waals surface area contributed by atoms with Gasteiger partial charge in [-0.25, -0.2) is 21.6 Å². The number of carbonyl (C=O) groups excluding carboxylic acids is 1. The second-order valence-corrected chi connectivity index (χ2v) is 7.94. The number of hydrogen-bond acceptors (Lipinski definition) is 3. The van der Waals surface area contributed by atoms with Crippen LogP contribution in [0.3, 0.4) is 0 Å². The third-order valence-electron chi connectivity index (χ3n) is 3.79. The molecular formula is C19H12ClF3N2O3S. The first-order chi connectivity index (χ1) is 13.7. The van der Waals surface area contributed by atoms with Crippen LogP contribution in [0.1, 0.15) is 10.4 Å². The quantitative estimate of drug-likeness (QED) is 0.559. The Morgan fingerprint density at radius 3 is 2.28 bits per heavy atom. The highest BCUT2D eigenvalue weighted by molar-refractivity contribution is 7.92. The zero-order valence-electron chi connectivity index (χ0n) is 14.4. The molecule has 0 aliphatic rings. The van der Waals surface area contributed by atoms with E-state index in [1.54, 1.807) is 0 Å². The summed E-state index contributed by atoms with van der Waals surface area (Å²) in [6.07, 6.45) is 0. The molecule has 150 valence electrons. The summed E-state index contributed by atoms with van der Waals surface area (Å²) in [5.74, 6) is -5.60. The Labute approximate surface area is 169 Å².